The molecule has 0 saturated heterocycles. The van der Waals surface area contributed by atoms with Crippen molar-refractivity contribution in [2.45, 2.75) is 13.8 Å². The fourth-order valence-electron chi connectivity index (χ4n) is 1.30. The van der Waals surface area contributed by atoms with Gasteiger partial charge in [-0.2, -0.15) is 0 Å². The number of halogens is 1. The Morgan fingerprint density at radius 1 is 1.31 bits per heavy atom. The molecule has 0 fully saturated rings. The number of carboxylic acids is 1. The summed E-state index contributed by atoms with van der Waals surface area (Å²) in [5, 5.41) is 9.14. The largest absolute Gasteiger partial charge is 0.493 e. The summed E-state index contributed by atoms with van der Waals surface area (Å²) in [6.45, 7) is 4.40. The maximum Gasteiger partial charge on any atom is 0.343 e. The Balaban J connectivity index is 3.31. The molecule has 1 aromatic rings. The van der Waals surface area contributed by atoms with Gasteiger partial charge >= 0.3 is 5.97 Å². The summed E-state index contributed by atoms with van der Waals surface area (Å²) in [4.78, 5) is 11.2. The molecule has 0 unspecified atom stereocenters. The van der Waals surface area contributed by atoms with Crippen LogP contribution in [0.25, 0.3) is 0 Å². The quantitative estimate of drug-likeness (QED) is 0.905. The molecule has 16 heavy (non-hydrogen) atoms. The molecule has 88 valence electrons. The first-order chi connectivity index (χ1) is 7.61. The zero-order valence-electron chi connectivity index (χ0n) is 9.12. The molecule has 0 heterocycles. The molecule has 4 nitrogen and oxygen atoms in total. The van der Waals surface area contributed by atoms with Gasteiger partial charge < -0.3 is 14.6 Å². The van der Waals surface area contributed by atoms with Crippen LogP contribution in [-0.4, -0.2) is 24.3 Å². The molecule has 5 heteroatoms. The zero-order chi connectivity index (χ0) is 12.1. The number of hydrogen-bond acceptors (Lipinski definition) is 3. The van der Waals surface area contributed by atoms with Crippen molar-refractivity contribution in [3.8, 4) is 11.5 Å². The van der Waals surface area contributed by atoms with E-state index in [1.807, 2.05) is 0 Å². The molecule has 0 atom stereocenters. The highest BCUT2D eigenvalue weighted by atomic mass is 79.9. The summed E-state index contributed by atoms with van der Waals surface area (Å²) >= 11 is 3.26. The van der Waals surface area contributed by atoms with E-state index in [2.05, 4.69) is 15.9 Å². The van der Waals surface area contributed by atoms with Crippen molar-refractivity contribution in [3.63, 3.8) is 0 Å². The van der Waals surface area contributed by atoms with E-state index < -0.39 is 5.97 Å². The van der Waals surface area contributed by atoms with Gasteiger partial charge in [0.25, 0.3) is 0 Å². The normalized spacial score (nSPS) is 9.94. The van der Waals surface area contributed by atoms with Gasteiger partial charge in [0.05, 0.1) is 17.7 Å². The molecular weight excluding hydrogens is 276 g/mol. The molecule has 0 saturated carbocycles. The highest BCUT2D eigenvalue weighted by Crippen LogP contribution is 2.35. The number of benzene rings is 1. The summed E-state index contributed by atoms with van der Waals surface area (Å²) < 4.78 is 11.2. The van der Waals surface area contributed by atoms with Gasteiger partial charge in [-0.3, -0.25) is 0 Å². The summed E-state index contributed by atoms with van der Waals surface area (Å²) in [5.41, 5.74) is 0.0538. The molecule has 0 radical (unpaired) electrons. The van der Waals surface area contributed by atoms with E-state index in [4.69, 9.17) is 14.6 Å². The lowest BCUT2D eigenvalue weighted by Crippen LogP contribution is -2.07. The zero-order valence-corrected chi connectivity index (χ0v) is 10.7. The van der Waals surface area contributed by atoms with Crippen LogP contribution in [0.2, 0.25) is 0 Å². The first-order valence-corrected chi connectivity index (χ1v) is 5.72. The minimum Gasteiger partial charge on any atom is -0.493 e. The van der Waals surface area contributed by atoms with Gasteiger partial charge in [-0.15, -0.1) is 0 Å². The highest BCUT2D eigenvalue weighted by molar-refractivity contribution is 9.10. The van der Waals surface area contributed by atoms with E-state index in [-0.39, 0.29) is 5.56 Å². The van der Waals surface area contributed by atoms with E-state index in [9.17, 15) is 4.79 Å². The Hall–Kier alpha value is -1.23. The molecule has 0 aliphatic carbocycles. The van der Waals surface area contributed by atoms with E-state index in [0.717, 1.165) is 0 Å². The molecule has 0 bridgehead atoms. The predicted molar refractivity (Wildman–Crippen MR) is 63.4 cm³/mol. The number of carbonyl (C=O) groups is 1. The van der Waals surface area contributed by atoms with Gasteiger partial charge in [0.2, 0.25) is 0 Å². The Labute approximate surface area is 102 Å². The van der Waals surface area contributed by atoms with Crippen molar-refractivity contribution < 1.29 is 19.4 Å². The second-order valence-corrected chi connectivity index (χ2v) is 3.78. The van der Waals surface area contributed by atoms with E-state index in [1.54, 1.807) is 26.0 Å². The third-order valence-electron chi connectivity index (χ3n) is 1.87. The standard InChI is InChI=1S/C11H13BrO4/c1-3-15-8-6-5-7(12)10(16-4-2)9(8)11(13)14/h5-6H,3-4H2,1-2H3,(H,13,14). The second-order valence-electron chi connectivity index (χ2n) is 2.92. The van der Waals surface area contributed by atoms with Crippen molar-refractivity contribution in [2.24, 2.45) is 0 Å². The van der Waals surface area contributed by atoms with Crippen molar-refractivity contribution in [3.05, 3.63) is 22.2 Å². The van der Waals surface area contributed by atoms with Crippen molar-refractivity contribution in [2.75, 3.05) is 13.2 Å². The minimum absolute atomic E-state index is 0.0538. The number of aromatic carboxylic acids is 1. The van der Waals surface area contributed by atoms with Crippen LogP contribution in [0.5, 0.6) is 11.5 Å². The van der Waals surface area contributed by atoms with Gasteiger partial charge in [0, 0.05) is 0 Å². The van der Waals surface area contributed by atoms with Crippen LogP contribution < -0.4 is 9.47 Å². The van der Waals surface area contributed by atoms with Crippen molar-refractivity contribution >= 4 is 21.9 Å². The molecular formula is C11H13BrO4. The SMILES string of the molecule is CCOc1ccc(Br)c(OCC)c1C(=O)O. The van der Waals surface area contributed by atoms with Crippen LogP contribution >= 0.6 is 15.9 Å². The lowest BCUT2D eigenvalue weighted by molar-refractivity contribution is 0.0687. The average Bonchev–Trinajstić information content (AvgIpc) is 2.23. The lowest BCUT2D eigenvalue weighted by Gasteiger charge is -2.13. The van der Waals surface area contributed by atoms with Crippen LogP contribution in [0.4, 0.5) is 0 Å². The molecule has 0 aromatic heterocycles. The minimum atomic E-state index is -1.06. The Morgan fingerprint density at radius 2 is 1.94 bits per heavy atom. The summed E-state index contributed by atoms with van der Waals surface area (Å²) in [5.74, 6) is -0.434. The fraction of sp³-hybridized carbons (Fsp3) is 0.364. The summed E-state index contributed by atoms with van der Waals surface area (Å²) in [7, 11) is 0. The molecule has 1 rings (SSSR count). The van der Waals surface area contributed by atoms with Crippen molar-refractivity contribution in [1.82, 2.24) is 0 Å². The fourth-order valence-corrected chi connectivity index (χ4v) is 1.75. The van der Waals surface area contributed by atoms with E-state index in [0.29, 0.717) is 29.2 Å². The van der Waals surface area contributed by atoms with Gasteiger partial charge in [-0.25, -0.2) is 4.79 Å². The Kier molecular flexibility index (Phi) is 4.61. The summed E-state index contributed by atoms with van der Waals surface area (Å²) in [6, 6.07) is 3.32. The monoisotopic (exact) mass is 288 g/mol. The number of ether oxygens (including phenoxy) is 2. The molecule has 1 aromatic carbocycles. The first-order valence-electron chi connectivity index (χ1n) is 4.93. The number of rotatable bonds is 5. The molecule has 0 amide bonds. The summed E-state index contributed by atoms with van der Waals surface area (Å²) in [6.07, 6.45) is 0. The topological polar surface area (TPSA) is 55.8 Å². The van der Waals surface area contributed by atoms with E-state index in [1.165, 1.54) is 0 Å². The smallest absolute Gasteiger partial charge is 0.343 e. The molecule has 0 aliphatic heterocycles. The van der Waals surface area contributed by atoms with Crippen LogP contribution in [0, 0.1) is 0 Å². The van der Waals surface area contributed by atoms with Crippen LogP contribution in [0.15, 0.2) is 16.6 Å². The maximum atomic E-state index is 11.2. The highest BCUT2D eigenvalue weighted by Gasteiger charge is 2.20. The molecule has 0 aliphatic rings. The van der Waals surface area contributed by atoms with Crippen LogP contribution in [0.1, 0.15) is 24.2 Å². The maximum absolute atomic E-state index is 11.2. The third kappa shape index (κ3) is 2.66. The predicted octanol–water partition coefficient (Wildman–Crippen LogP) is 2.94. The third-order valence-corrected chi connectivity index (χ3v) is 2.50. The Bertz CT molecular complexity index is 390. The van der Waals surface area contributed by atoms with Gasteiger partial charge in [0.15, 0.2) is 5.75 Å². The van der Waals surface area contributed by atoms with Crippen molar-refractivity contribution in [1.29, 1.82) is 0 Å². The lowest BCUT2D eigenvalue weighted by atomic mass is 10.2. The van der Waals surface area contributed by atoms with Crippen LogP contribution in [-0.2, 0) is 0 Å². The van der Waals surface area contributed by atoms with Gasteiger partial charge in [-0.1, -0.05) is 0 Å². The van der Waals surface area contributed by atoms with Gasteiger partial charge in [0.1, 0.15) is 11.3 Å². The molecule has 1 N–H and O–H groups in total. The number of carboxylic acid groups (broad SMARTS) is 1. The second kappa shape index (κ2) is 5.75. The van der Waals surface area contributed by atoms with Crippen LogP contribution in [0.3, 0.4) is 0 Å². The first kappa shape index (κ1) is 12.8. The number of hydrogen-bond donors (Lipinski definition) is 1. The molecule has 0 spiro atoms. The average molecular weight is 289 g/mol. The van der Waals surface area contributed by atoms with Gasteiger partial charge in [-0.05, 0) is 41.9 Å². The van der Waals surface area contributed by atoms with E-state index >= 15 is 0 Å². The Morgan fingerprint density at radius 3 is 2.44 bits per heavy atom.